The van der Waals surface area contributed by atoms with Crippen LogP contribution in [0.25, 0.3) is 0 Å². The van der Waals surface area contributed by atoms with Gasteiger partial charge < -0.3 is 10.5 Å². The molecule has 5 nitrogen and oxygen atoms in total. The predicted molar refractivity (Wildman–Crippen MR) is 61.2 cm³/mol. The highest BCUT2D eigenvalue weighted by molar-refractivity contribution is 5.07. The highest BCUT2D eigenvalue weighted by Crippen LogP contribution is 2.29. The molecule has 1 unspecified atom stereocenters. The predicted octanol–water partition coefficient (Wildman–Crippen LogP) is 0.764. The number of hydrogen-bond donors (Lipinski definition) is 2. The van der Waals surface area contributed by atoms with Gasteiger partial charge >= 0.3 is 0 Å². The van der Waals surface area contributed by atoms with E-state index < -0.39 is 0 Å². The average molecular weight is 224 g/mol. The molecule has 2 heterocycles. The number of aromatic nitrogens is 3. The summed E-state index contributed by atoms with van der Waals surface area (Å²) in [4.78, 5) is 4.54. The third-order valence-electron chi connectivity index (χ3n) is 3.13. The lowest BCUT2D eigenvalue weighted by atomic mass is 9.84. The van der Waals surface area contributed by atoms with Crippen LogP contribution in [-0.2, 0) is 16.6 Å². The van der Waals surface area contributed by atoms with Crippen molar-refractivity contribution in [2.24, 2.45) is 5.73 Å². The van der Waals surface area contributed by atoms with Crippen molar-refractivity contribution in [3.63, 3.8) is 0 Å². The average Bonchev–Trinajstić information content (AvgIpc) is 2.77. The molecule has 0 radical (unpaired) electrons. The van der Waals surface area contributed by atoms with Crippen LogP contribution in [-0.4, -0.2) is 34.9 Å². The molecule has 0 aromatic carbocycles. The first-order valence-corrected chi connectivity index (χ1v) is 5.94. The van der Waals surface area contributed by atoms with Gasteiger partial charge in [-0.05, 0) is 25.8 Å². The van der Waals surface area contributed by atoms with E-state index in [4.69, 9.17) is 10.5 Å². The monoisotopic (exact) mass is 224 g/mol. The summed E-state index contributed by atoms with van der Waals surface area (Å²) in [6, 6.07) is 0. The zero-order valence-corrected chi connectivity index (χ0v) is 9.83. The molecule has 16 heavy (non-hydrogen) atoms. The van der Waals surface area contributed by atoms with Crippen LogP contribution in [0, 0.1) is 0 Å². The molecule has 3 N–H and O–H groups in total. The van der Waals surface area contributed by atoms with Crippen LogP contribution in [0.3, 0.4) is 0 Å². The number of aryl methyl sites for hydroxylation is 1. The quantitative estimate of drug-likeness (QED) is 0.791. The Hall–Kier alpha value is -0.940. The Morgan fingerprint density at radius 1 is 1.56 bits per heavy atom. The van der Waals surface area contributed by atoms with Crippen LogP contribution in [0.2, 0.25) is 0 Å². The van der Waals surface area contributed by atoms with E-state index in [0.29, 0.717) is 6.54 Å². The van der Waals surface area contributed by atoms with Gasteiger partial charge in [-0.25, -0.2) is 4.98 Å². The van der Waals surface area contributed by atoms with Crippen LogP contribution in [0.4, 0.5) is 0 Å². The van der Waals surface area contributed by atoms with Gasteiger partial charge in [0.1, 0.15) is 5.82 Å². The van der Waals surface area contributed by atoms with Crippen LogP contribution in [0.1, 0.15) is 37.8 Å². The van der Waals surface area contributed by atoms with E-state index in [2.05, 4.69) is 22.1 Å². The van der Waals surface area contributed by atoms with Crippen molar-refractivity contribution >= 4 is 0 Å². The Labute approximate surface area is 95.8 Å². The van der Waals surface area contributed by atoms with E-state index in [1.165, 1.54) is 0 Å². The molecule has 0 amide bonds. The molecular weight excluding hydrogens is 204 g/mol. The summed E-state index contributed by atoms with van der Waals surface area (Å²) in [5.74, 6) is 1.83. The number of H-pyrrole nitrogens is 1. The fourth-order valence-electron chi connectivity index (χ4n) is 2.06. The summed E-state index contributed by atoms with van der Waals surface area (Å²) in [7, 11) is 0. The van der Waals surface area contributed by atoms with Crippen molar-refractivity contribution in [1.29, 1.82) is 0 Å². The van der Waals surface area contributed by atoms with E-state index in [0.717, 1.165) is 50.5 Å². The maximum Gasteiger partial charge on any atom is 0.158 e. The van der Waals surface area contributed by atoms with Crippen molar-refractivity contribution in [3.05, 3.63) is 11.6 Å². The number of nitrogens with zero attached hydrogens (tertiary/aromatic N) is 2. The number of nitrogens with two attached hydrogens (primary N) is 1. The van der Waals surface area contributed by atoms with Gasteiger partial charge in [0.05, 0.1) is 12.0 Å². The number of nitrogens with one attached hydrogen (secondary N) is 1. The van der Waals surface area contributed by atoms with Crippen LogP contribution in [0.15, 0.2) is 0 Å². The van der Waals surface area contributed by atoms with Gasteiger partial charge in [-0.1, -0.05) is 6.92 Å². The Bertz CT molecular complexity index is 330. The molecule has 0 aliphatic carbocycles. The minimum Gasteiger partial charge on any atom is -0.380 e. The molecule has 1 fully saturated rings. The third kappa shape index (κ3) is 2.41. The van der Waals surface area contributed by atoms with Gasteiger partial charge in [-0.3, -0.25) is 5.10 Å². The SMILES string of the molecule is CC1(c2n[nH]c(CCCN)n2)CCCOC1. The first-order valence-electron chi connectivity index (χ1n) is 5.94. The fraction of sp³-hybridized carbons (Fsp3) is 0.818. The molecule has 1 atom stereocenters. The molecule has 1 aliphatic heterocycles. The summed E-state index contributed by atoms with van der Waals surface area (Å²) in [5, 5.41) is 7.30. The summed E-state index contributed by atoms with van der Waals surface area (Å²) >= 11 is 0. The molecule has 0 saturated carbocycles. The molecule has 90 valence electrons. The van der Waals surface area contributed by atoms with Crippen molar-refractivity contribution in [2.45, 2.75) is 38.0 Å². The van der Waals surface area contributed by atoms with Crippen molar-refractivity contribution in [3.8, 4) is 0 Å². The first-order chi connectivity index (χ1) is 7.74. The van der Waals surface area contributed by atoms with Gasteiger partial charge in [-0.15, -0.1) is 0 Å². The molecule has 5 heteroatoms. The second-order valence-electron chi connectivity index (χ2n) is 4.71. The van der Waals surface area contributed by atoms with Gasteiger partial charge in [0, 0.05) is 13.0 Å². The van der Waals surface area contributed by atoms with Crippen LogP contribution < -0.4 is 5.73 Å². The van der Waals surface area contributed by atoms with E-state index >= 15 is 0 Å². The molecule has 1 aromatic rings. The smallest absolute Gasteiger partial charge is 0.158 e. The second-order valence-corrected chi connectivity index (χ2v) is 4.71. The molecule has 1 aromatic heterocycles. The number of rotatable bonds is 4. The summed E-state index contributed by atoms with van der Waals surface area (Å²) < 4.78 is 5.52. The van der Waals surface area contributed by atoms with Crippen LogP contribution in [0.5, 0.6) is 0 Å². The Kier molecular flexibility index (Phi) is 3.56. The molecule has 0 bridgehead atoms. The zero-order chi connectivity index (χ0) is 11.4. The van der Waals surface area contributed by atoms with E-state index in [9.17, 15) is 0 Å². The maximum atomic E-state index is 5.52. The van der Waals surface area contributed by atoms with Gasteiger partial charge in [0.25, 0.3) is 0 Å². The molecular formula is C11H20N4O. The number of aromatic amines is 1. The van der Waals surface area contributed by atoms with E-state index in [1.807, 2.05) is 0 Å². The Balaban J connectivity index is 2.05. The number of ether oxygens (including phenoxy) is 1. The topological polar surface area (TPSA) is 76.8 Å². The largest absolute Gasteiger partial charge is 0.380 e. The minimum atomic E-state index is -0.0181. The lowest BCUT2D eigenvalue weighted by molar-refractivity contribution is 0.0385. The zero-order valence-electron chi connectivity index (χ0n) is 9.83. The maximum absolute atomic E-state index is 5.52. The Morgan fingerprint density at radius 2 is 2.44 bits per heavy atom. The lowest BCUT2D eigenvalue weighted by Crippen LogP contribution is -2.34. The second kappa shape index (κ2) is 4.93. The first kappa shape index (κ1) is 11.5. The molecule has 1 saturated heterocycles. The van der Waals surface area contributed by atoms with Gasteiger partial charge in [0.15, 0.2) is 5.82 Å². The highest BCUT2D eigenvalue weighted by Gasteiger charge is 2.33. The normalized spacial score (nSPS) is 25.9. The van der Waals surface area contributed by atoms with Gasteiger partial charge in [-0.2, -0.15) is 5.10 Å². The van der Waals surface area contributed by atoms with E-state index in [1.54, 1.807) is 0 Å². The fourth-order valence-corrected chi connectivity index (χ4v) is 2.06. The Morgan fingerprint density at radius 3 is 3.12 bits per heavy atom. The molecule has 1 aliphatic rings. The van der Waals surface area contributed by atoms with Crippen molar-refractivity contribution < 1.29 is 4.74 Å². The summed E-state index contributed by atoms with van der Waals surface area (Å²) in [6.45, 7) is 4.44. The molecule has 2 rings (SSSR count). The van der Waals surface area contributed by atoms with Crippen LogP contribution >= 0.6 is 0 Å². The third-order valence-corrected chi connectivity index (χ3v) is 3.13. The molecule has 0 spiro atoms. The standard InChI is InChI=1S/C11H20N4O/c1-11(5-3-7-16-8-11)10-13-9(14-15-10)4-2-6-12/h2-8,12H2,1H3,(H,13,14,15). The van der Waals surface area contributed by atoms with Crippen molar-refractivity contribution in [1.82, 2.24) is 15.2 Å². The summed E-state index contributed by atoms with van der Waals surface area (Å²) in [5.41, 5.74) is 5.45. The van der Waals surface area contributed by atoms with E-state index in [-0.39, 0.29) is 5.41 Å². The van der Waals surface area contributed by atoms with Crippen molar-refractivity contribution in [2.75, 3.05) is 19.8 Å². The minimum absolute atomic E-state index is 0.0181. The van der Waals surface area contributed by atoms with Gasteiger partial charge in [0.2, 0.25) is 0 Å². The number of hydrogen-bond acceptors (Lipinski definition) is 4. The lowest BCUT2D eigenvalue weighted by Gasteiger charge is -2.30. The highest BCUT2D eigenvalue weighted by atomic mass is 16.5. The summed E-state index contributed by atoms with van der Waals surface area (Å²) in [6.07, 6.45) is 4.01.